The first-order valence-electron chi connectivity index (χ1n) is 6.24. The van der Waals surface area contributed by atoms with Gasteiger partial charge >= 0.3 is 0 Å². The van der Waals surface area contributed by atoms with Crippen LogP contribution in [0.5, 0.6) is 0 Å². The maximum atomic E-state index is 13.7. The number of carbonyl (C=O) groups excluding carboxylic acids is 2. The molecule has 1 fully saturated rings. The summed E-state index contributed by atoms with van der Waals surface area (Å²) >= 11 is 3.16. The molecule has 0 spiro atoms. The summed E-state index contributed by atoms with van der Waals surface area (Å²) in [5.74, 6) is -0.942. The maximum absolute atomic E-state index is 13.7. The van der Waals surface area contributed by atoms with E-state index in [1.165, 1.54) is 12.1 Å². The van der Waals surface area contributed by atoms with E-state index in [2.05, 4.69) is 26.6 Å². The quantitative estimate of drug-likeness (QED) is 0.870. The SMILES string of the molecule is CC(C(=O)Nc1ccc(Br)cc1F)N1CCNC(=O)C1. The van der Waals surface area contributed by atoms with Crippen molar-refractivity contribution in [2.75, 3.05) is 25.0 Å². The first-order chi connectivity index (χ1) is 9.47. The fourth-order valence-electron chi connectivity index (χ4n) is 1.98. The van der Waals surface area contributed by atoms with Gasteiger partial charge in [-0.15, -0.1) is 0 Å². The van der Waals surface area contributed by atoms with Crippen molar-refractivity contribution in [2.24, 2.45) is 0 Å². The van der Waals surface area contributed by atoms with Crippen LogP contribution in [0.3, 0.4) is 0 Å². The third-order valence-corrected chi connectivity index (χ3v) is 3.68. The van der Waals surface area contributed by atoms with Crippen molar-refractivity contribution >= 4 is 33.4 Å². The fourth-order valence-corrected chi connectivity index (χ4v) is 2.32. The summed E-state index contributed by atoms with van der Waals surface area (Å²) in [6.45, 7) is 2.99. The average molecular weight is 344 g/mol. The van der Waals surface area contributed by atoms with Crippen LogP contribution in [0.25, 0.3) is 0 Å². The van der Waals surface area contributed by atoms with Gasteiger partial charge in [-0.1, -0.05) is 15.9 Å². The molecule has 0 aromatic heterocycles. The zero-order valence-electron chi connectivity index (χ0n) is 11.0. The summed E-state index contributed by atoms with van der Waals surface area (Å²) in [6, 6.07) is 3.93. The van der Waals surface area contributed by atoms with Gasteiger partial charge < -0.3 is 10.6 Å². The van der Waals surface area contributed by atoms with Crippen LogP contribution in [0.4, 0.5) is 10.1 Å². The Morgan fingerprint density at radius 3 is 2.95 bits per heavy atom. The summed E-state index contributed by atoms with van der Waals surface area (Å²) in [5.41, 5.74) is 0.131. The molecule has 2 rings (SSSR count). The van der Waals surface area contributed by atoms with Crippen molar-refractivity contribution < 1.29 is 14.0 Å². The number of rotatable bonds is 3. The third-order valence-electron chi connectivity index (χ3n) is 3.18. The van der Waals surface area contributed by atoms with Crippen molar-refractivity contribution in [1.82, 2.24) is 10.2 Å². The molecule has 1 saturated heterocycles. The van der Waals surface area contributed by atoms with Gasteiger partial charge in [0.05, 0.1) is 18.3 Å². The zero-order valence-corrected chi connectivity index (χ0v) is 12.5. The van der Waals surface area contributed by atoms with E-state index < -0.39 is 11.9 Å². The lowest BCUT2D eigenvalue weighted by Gasteiger charge is -2.31. The van der Waals surface area contributed by atoms with Crippen LogP contribution in [-0.2, 0) is 9.59 Å². The monoisotopic (exact) mass is 343 g/mol. The van der Waals surface area contributed by atoms with E-state index >= 15 is 0 Å². The molecule has 5 nitrogen and oxygen atoms in total. The second kappa shape index (κ2) is 6.32. The van der Waals surface area contributed by atoms with E-state index in [1.54, 1.807) is 17.9 Å². The molecular formula is C13H15BrFN3O2. The molecule has 1 aliphatic rings. The van der Waals surface area contributed by atoms with Crippen LogP contribution < -0.4 is 10.6 Å². The van der Waals surface area contributed by atoms with Crippen LogP contribution in [0.2, 0.25) is 0 Å². The lowest BCUT2D eigenvalue weighted by atomic mass is 10.2. The number of hydrogen-bond donors (Lipinski definition) is 2. The molecule has 2 amide bonds. The van der Waals surface area contributed by atoms with E-state index in [-0.39, 0.29) is 24.0 Å². The molecule has 0 saturated carbocycles. The molecular weight excluding hydrogens is 329 g/mol. The average Bonchev–Trinajstić information content (AvgIpc) is 2.41. The Hall–Kier alpha value is -1.47. The zero-order chi connectivity index (χ0) is 14.7. The molecule has 0 aliphatic carbocycles. The van der Waals surface area contributed by atoms with Crippen molar-refractivity contribution in [3.8, 4) is 0 Å². The Bertz CT molecular complexity index is 538. The molecule has 1 aromatic rings. The molecule has 2 N–H and O–H groups in total. The van der Waals surface area contributed by atoms with Crippen LogP contribution >= 0.6 is 15.9 Å². The van der Waals surface area contributed by atoms with Gasteiger partial charge in [-0.3, -0.25) is 14.5 Å². The normalized spacial score (nSPS) is 17.4. The summed E-state index contributed by atoms with van der Waals surface area (Å²) < 4.78 is 14.3. The molecule has 7 heteroatoms. The van der Waals surface area contributed by atoms with Crippen LogP contribution in [0.15, 0.2) is 22.7 Å². The summed E-state index contributed by atoms with van der Waals surface area (Å²) in [7, 11) is 0. The minimum atomic E-state index is -0.503. The standard InChI is InChI=1S/C13H15BrFN3O2/c1-8(18-5-4-16-12(19)7-18)13(20)17-11-3-2-9(14)6-10(11)15/h2-3,6,8H,4-5,7H2,1H3,(H,16,19)(H,17,20). The lowest BCUT2D eigenvalue weighted by Crippen LogP contribution is -2.53. The van der Waals surface area contributed by atoms with Gasteiger partial charge in [0.2, 0.25) is 11.8 Å². The molecule has 20 heavy (non-hydrogen) atoms. The van der Waals surface area contributed by atoms with Gasteiger partial charge in [-0.2, -0.15) is 0 Å². The molecule has 0 bridgehead atoms. The predicted octanol–water partition coefficient (Wildman–Crippen LogP) is 1.35. The van der Waals surface area contributed by atoms with Gasteiger partial charge in [-0.05, 0) is 25.1 Å². The molecule has 1 atom stereocenters. The van der Waals surface area contributed by atoms with Crippen LogP contribution in [-0.4, -0.2) is 42.4 Å². The summed E-state index contributed by atoms with van der Waals surface area (Å²) in [4.78, 5) is 25.1. The van der Waals surface area contributed by atoms with Gasteiger partial charge in [-0.25, -0.2) is 4.39 Å². The van der Waals surface area contributed by atoms with E-state index in [9.17, 15) is 14.0 Å². The van der Waals surface area contributed by atoms with Gasteiger partial charge in [0.15, 0.2) is 0 Å². The minimum absolute atomic E-state index is 0.106. The second-order valence-corrected chi connectivity index (χ2v) is 5.53. The van der Waals surface area contributed by atoms with Gasteiger partial charge in [0.1, 0.15) is 5.82 Å². The highest BCUT2D eigenvalue weighted by Gasteiger charge is 2.26. The number of benzene rings is 1. The molecule has 0 radical (unpaired) electrons. The number of halogens is 2. The van der Waals surface area contributed by atoms with Crippen molar-refractivity contribution in [3.05, 3.63) is 28.5 Å². The van der Waals surface area contributed by atoms with E-state index in [0.29, 0.717) is 17.6 Å². The smallest absolute Gasteiger partial charge is 0.241 e. The molecule has 1 heterocycles. The minimum Gasteiger partial charge on any atom is -0.354 e. The molecule has 1 aliphatic heterocycles. The van der Waals surface area contributed by atoms with Gasteiger partial charge in [0, 0.05) is 17.6 Å². The maximum Gasteiger partial charge on any atom is 0.241 e. The number of anilines is 1. The highest BCUT2D eigenvalue weighted by molar-refractivity contribution is 9.10. The number of nitrogens with one attached hydrogen (secondary N) is 2. The third kappa shape index (κ3) is 3.55. The number of piperazine rings is 1. The second-order valence-electron chi connectivity index (χ2n) is 4.61. The Labute approximate surface area is 124 Å². The largest absolute Gasteiger partial charge is 0.354 e. The van der Waals surface area contributed by atoms with E-state index in [4.69, 9.17) is 0 Å². The van der Waals surface area contributed by atoms with Crippen LogP contribution in [0.1, 0.15) is 6.92 Å². The Kier molecular flexibility index (Phi) is 4.72. The number of carbonyl (C=O) groups is 2. The molecule has 1 aromatic carbocycles. The predicted molar refractivity (Wildman–Crippen MR) is 76.8 cm³/mol. The number of hydrogen-bond acceptors (Lipinski definition) is 3. The summed E-state index contributed by atoms with van der Waals surface area (Å²) in [6.07, 6.45) is 0. The topological polar surface area (TPSA) is 61.4 Å². The van der Waals surface area contributed by atoms with Crippen molar-refractivity contribution in [3.63, 3.8) is 0 Å². The fraction of sp³-hybridized carbons (Fsp3) is 0.385. The van der Waals surface area contributed by atoms with Gasteiger partial charge in [0.25, 0.3) is 0 Å². The van der Waals surface area contributed by atoms with Crippen molar-refractivity contribution in [1.29, 1.82) is 0 Å². The highest BCUT2D eigenvalue weighted by atomic mass is 79.9. The Balaban J connectivity index is 2.01. The lowest BCUT2D eigenvalue weighted by molar-refractivity contribution is -0.127. The molecule has 1 unspecified atom stereocenters. The highest BCUT2D eigenvalue weighted by Crippen LogP contribution is 2.19. The Morgan fingerprint density at radius 1 is 1.55 bits per heavy atom. The number of nitrogens with zero attached hydrogens (tertiary/aromatic N) is 1. The van der Waals surface area contributed by atoms with E-state index in [0.717, 1.165) is 0 Å². The van der Waals surface area contributed by atoms with Crippen LogP contribution in [0, 0.1) is 5.82 Å². The molecule has 108 valence electrons. The first kappa shape index (κ1) is 14.9. The number of amides is 2. The Morgan fingerprint density at radius 2 is 2.30 bits per heavy atom. The van der Waals surface area contributed by atoms with Crippen molar-refractivity contribution in [2.45, 2.75) is 13.0 Å². The first-order valence-corrected chi connectivity index (χ1v) is 7.03. The van der Waals surface area contributed by atoms with E-state index in [1.807, 2.05) is 0 Å². The summed E-state index contributed by atoms with van der Waals surface area (Å²) in [5, 5.41) is 5.23.